The van der Waals surface area contributed by atoms with E-state index >= 15 is 0 Å². The SMILES string of the molecule is CCOc1ccc(C(=O)CN2CCC(C(C)O)C2)cc1. The third kappa shape index (κ3) is 3.81. The van der Waals surface area contributed by atoms with E-state index in [4.69, 9.17) is 4.74 Å². The molecule has 0 amide bonds. The minimum atomic E-state index is -0.291. The number of carbonyl (C=O) groups excluding carboxylic acids is 1. The molecule has 1 aliphatic rings. The standard InChI is InChI=1S/C16H23NO3/c1-3-20-15-6-4-13(5-7-15)16(19)11-17-9-8-14(10-17)12(2)18/h4-7,12,14,18H,3,8-11H2,1-2H3. The van der Waals surface area contributed by atoms with Gasteiger partial charge in [-0.25, -0.2) is 0 Å². The molecule has 1 aromatic carbocycles. The molecular formula is C16H23NO3. The Kier molecular flexibility index (Phi) is 5.15. The lowest BCUT2D eigenvalue weighted by molar-refractivity contribution is 0.0925. The van der Waals surface area contributed by atoms with E-state index < -0.39 is 0 Å². The second-order valence-corrected chi connectivity index (χ2v) is 5.41. The van der Waals surface area contributed by atoms with Crippen molar-refractivity contribution >= 4 is 5.78 Å². The number of carbonyl (C=O) groups is 1. The van der Waals surface area contributed by atoms with Gasteiger partial charge in [-0.15, -0.1) is 0 Å². The van der Waals surface area contributed by atoms with Crippen LogP contribution in [0.3, 0.4) is 0 Å². The van der Waals surface area contributed by atoms with Crippen molar-refractivity contribution in [3.05, 3.63) is 29.8 Å². The Balaban J connectivity index is 1.89. The Hall–Kier alpha value is -1.39. The predicted molar refractivity (Wildman–Crippen MR) is 78.2 cm³/mol. The summed E-state index contributed by atoms with van der Waals surface area (Å²) in [4.78, 5) is 14.3. The van der Waals surface area contributed by atoms with Crippen LogP contribution in [0.2, 0.25) is 0 Å². The van der Waals surface area contributed by atoms with Crippen LogP contribution in [0.1, 0.15) is 30.6 Å². The molecule has 1 N–H and O–H groups in total. The Labute approximate surface area is 120 Å². The molecule has 2 rings (SSSR count). The van der Waals surface area contributed by atoms with Crippen molar-refractivity contribution in [3.8, 4) is 5.75 Å². The summed E-state index contributed by atoms with van der Waals surface area (Å²) in [5.41, 5.74) is 0.717. The third-order valence-electron chi connectivity index (χ3n) is 3.85. The molecular weight excluding hydrogens is 254 g/mol. The minimum absolute atomic E-state index is 0.124. The lowest BCUT2D eigenvalue weighted by Crippen LogP contribution is -2.29. The quantitative estimate of drug-likeness (QED) is 0.808. The highest BCUT2D eigenvalue weighted by molar-refractivity contribution is 5.97. The van der Waals surface area contributed by atoms with Gasteiger partial charge in [-0.2, -0.15) is 0 Å². The second-order valence-electron chi connectivity index (χ2n) is 5.41. The largest absolute Gasteiger partial charge is 0.494 e. The Morgan fingerprint density at radius 2 is 2.15 bits per heavy atom. The Morgan fingerprint density at radius 3 is 2.70 bits per heavy atom. The zero-order valence-electron chi connectivity index (χ0n) is 12.2. The fourth-order valence-electron chi connectivity index (χ4n) is 2.60. The molecule has 0 aromatic heterocycles. The molecule has 0 spiro atoms. The van der Waals surface area contributed by atoms with Gasteiger partial charge >= 0.3 is 0 Å². The van der Waals surface area contributed by atoms with Gasteiger partial charge in [0.1, 0.15) is 5.75 Å². The van der Waals surface area contributed by atoms with Gasteiger partial charge in [0.25, 0.3) is 0 Å². The number of nitrogens with zero attached hydrogens (tertiary/aromatic N) is 1. The van der Waals surface area contributed by atoms with Crippen LogP contribution in [-0.2, 0) is 0 Å². The van der Waals surface area contributed by atoms with Gasteiger partial charge in [0.05, 0.1) is 19.3 Å². The maximum absolute atomic E-state index is 12.2. The molecule has 110 valence electrons. The fourth-order valence-corrected chi connectivity index (χ4v) is 2.60. The summed E-state index contributed by atoms with van der Waals surface area (Å²) < 4.78 is 5.36. The van der Waals surface area contributed by atoms with Crippen LogP contribution in [0.15, 0.2) is 24.3 Å². The summed E-state index contributed by atoms with van der Waals surface area (Å²) in [6.45, 7) is 6.51. The number of aliphatic hydroxyl groups is 1. The number of hydrogen-bond donors (Lipinski definition) is 1. The molecule has 20 heavy (non-hydrogen) atoms. The van der Waals surface area contributed by atoms with E-state index in [-0.39, 0.29) is 11.9 Å². The lowest BCUT2D eigenvalue weighted by atomic mass is 10.0. The maximum atomic E-state index is 12.2. The first-order chi connectivity index (χ1) is 9.60. The van der Waals surface area contributed by atoms with E-state index in [0.717, 1.165) is 25.3 Å². The van der Waals surface area contributed by atoms with Gasteiger partial charge in [0, 0.05) is 12.1 Å². The number of likely N-dealkylation sites (tertiary alicyclic amines) is 1. The summed E-state index contributed by atoms with van der Waals surface area (Å²) in [7, 11) is 0. The van der Waals surface area contributed by atoms with Gasteiger partial charge in [0.15, 0.2) is 5.78 Å². The van der Waals surface area contributed by atoms with E-state index in [9.17, 15) is 9.90 Å². The number of aliphatic hydroxyl groups excluding tert-OH is 1. The monoisotopic (exact) mass is 277 g/mol. The van der Waals surface area contributed by atoms with Gasteiger partial charge in [-0.3, -0.25) is 9.69 Å². The zero-order chi connectivity index (χ0) is 14.5. The molecule has 1 aliphatic heterocycles. The topological polar surface area (TPSA) is 49.8 Å². The molecule has 2 unspecified atom stereocenters. The number of ketones is 1. The lowest BCUT2D eigenvalue weighted by Gasteiger charge is -2.16. The van der Waals surface area contributed by atoms with Crippen molar-refractivity contribution in [2.24, 2.45) is 5.92 Å². The first kappa shape index (κ1) is 15.0. The summed E-state index contributed by atoms with van der Waals surface area (Å²) in [5, 5.41) is 9.58. The van der Waals surface area contributed by atoms with E-state index in [1.165, 1.54) is 0 Å². The van der Waals surface area contributed by atoms with Gasteiger partial charge in [-0.05, 0) is 57.0 Å². The first-order valence-corrected chi connectivity index (χ1v) is 7.26. The third-order valence-corrected chi connectivity index (χ3v) is 3.85. The van der Waals surface area contributed by atoms with Gasteiger partial charge in [-0.1, -0.05) is 0 Å². The predicted octanol–water partition coefficient (Wildman–Crippen LogP) is 1.97. The molecule has 1 aromatic rings. The van der Waals surface area contributed by atoms with Crippen molar-refractivity contribution in [1.82, 2.24) is 4.90 Å². The van der Waals surface area contributed by atoms with Crippen molar-refractivity contribution in [3.63, 3.8) is 0 Å². The minimum Gasteiger partial charge on any atom is -0.494 e. The molecule has 4 heteroatoms. The fraction of sp³-hybridized carbons (Fsp3) is 0.562. The number of rotatable bonds is 6. The summed E-state index contributed by atoms with van der Waals surface area (Å²) in [5.74, 6) is 1.21. The number of hydrogen-bond acceptors (Lipinski definition) is 4. The van der Waals surface area contributed by atoms with Gasteiger partial charge in [0.2, 0.25) is 0 Å². The van der Waals surface area contributed by atoms with Crippen LogP contribution in [0.25, 0.3) is 0 Å². The van der Waals surface area contributed by atoms with Crippen LogP contribution in [0, 0.1) is 5.92 Å². The van der Waals surface area contributed by atoms with Crippen LogP contribution in [0.5, 0.6) is 5.75 Å². The molecule has 0 aliphatic carbocycles. The molecule has 2 atom stereocenters. The van der Waals surface area contributed by atoms with Crippen LogP contribution in [0.4, 0.5) is 0 Å². The highest BCUT2D eigenvalue weighted by Crippen LogP contribution is 2.20. The van der Waals surface area contributed by atoms with Crippen molar-refractivity contribution in [2.75, 3.05) is 26.2 Å². The average molecular weight is 277 g/mol. The molecule has 0 radical (unpaired) electrons. The second kappa shape index (κ2) is 6.86. The van der Waals surface area contributed by atoms with Crippen molar-refractivity contribution < 1.29 is 14.6 Å². The first-order valence-electron chi connectivity index (χ1n) is 7.26. The number of ether oxygens (including phenoxy) is 1. The highest BCUT2D eigenvalue weighted by atomic mass is 16.5. The Morgan fingerprint density at radius 1 is 1.45 bits per heavy atom. The van der Waals surface area contributed by atoms with Crippen LogP contribution in [-0.4, -0.2) is 48.1 Å². The van der Waals surface area contributed by atoms with E-state index in [1.54, 1.807) is 0 Å². The summed E-state index contributed by atoms with van der Waals surface area (Å²) >= 11 is 0. The van der Waals surface area contributed by atoms with E-state index in [0.29, 0.717) is 24.6 Å². The molecule has 1 saturated heterocycles. The van der Waals surface area contributed by atoms with E-state index in [1.807, 2.05) is 38.1 Å². The summed E-state index contributed by atoms with van der Waals surface area (Å²) in [6, 6.07) is 7.30. The molecule has 0 saturated carbocycles. The smallest absolute Gasteiger partial charge is 0.176 e. The molecule has 0 bridgehead atoms. The Bertz CT molecular complexity index is 442. The molecule has 1 heterocycles. The zero-order valence-corrected chi connectivity index (χ0v) is 12.2. The molecule has 4 nitrogen and oxygen atoms in total. The number of Topliss-reactive ketones (excluding diaryl/α,β-unsaturated/α-hetero) is 1. The van der Waals surface area contributed by atoms with Crippen molar-refractivity contribution in [2.45, 2.75) is 26.4 Å². The van der Waals surface area contributed by atoms with Gasteiger partial charge < -0.3 is 9.84 Å². The maximum Gasteiger partial charge on any atom is 0.176 e. The molecule has 1 fully saturated rings. The normalized spacial score (nSPS) is 20.9. The summed E-state index contributed by atoms with van der Waals surface area (Å²) in [6.07, 6.45) is 0.675. The van der Waals surface area contributed by atoms with Crippen LogP contribution >= 0.6 is 0 Å². The van der Waals surface area contributed by atoms with Crippen molar-refractivity contribution in [1.29, 1.82) is 0 Å². The van der Waals surface area contributed by atoms with E-state index in [2.05, 4.69) is 4.90 Å². The van der Waals surface area contributed by atoms with Crippen LogP contribution < -0.4 is 4.74 Å². The highest BCUT2D eigenvalue weighted by Gasteiger charge is 2.27. The average Bonchev–Trinajstić information content (AvgIpc) is 2.88. The number of benzene rings is 1.